The van der Waals surface area contributed by atoms with Crippen LogP contribution in [-0.4, -0.2) is 65.4 Å². The number of methoxy groups -OCH3 is 4. The summed E-state index contributed by atoms with van der Waals surface area (Å²) in [5.41, 5.74) is 11.7. The van der Waals surface area contributed by atoms with Gasteiger partial charge in [-0.2, -0.15) is 0 Å². The fraction of sp³-hybridized carbons (Fsp3) is 0.329. The number of hydrogen-bond acceptors (Lipinski definition) is 7. The van der Waals surface area contributed by atoms with Crippen LogP contribution in [0.5, 0.6) is 28.7 Å². The molecule has 4 aliphatic rings. The number of anilines is 1. The second kappa shape index (κ2) is 20.9. The van der Waals surface area contributed by atoms with Gasteiger partial charge in [0.05, 0.1) is 34.1 Å². The Kier molecular flexibility index (Phi) is 13.7. The molecule has 8 aromatic carbocycles. The number of hydrogen-bond donors (Lipinski definition) is 0. The van der Waals surface area contributed by atoms with Gasteiger partial charge in [-0.25, -0.2) is 0 Å². The Morgan fingerprint density at radius 2 is 1.21 bits per heavy atom. The fourth-order valence-corrected chi connectivity index (χ4v) is 13.7. The number of amides is 1. The second-order valence-corrected chi connectivity index (χ2v) is 22.5. The molecule has 0 radical (unpaired) electrons. The zero-order chi connectivity index (χ0) is 53.7. The van der Waals surface area contributed by atoms with Crippen molar-refractivity contribution in [3.63, 3.8) is 0 Å². The maximum atomic E-state index is 14.4. The number of carbonyl (C=O) groups is 1. The van der Waals surface area contributed by atoms with Crippen molar-refractivity contribution in [2.45, 2.75) is 89.1 Å². The summed E-state index contributed by atoms with van der Waals surface area (Å²) < 4.78 is 31.5. The van der Waals surface area contributed by atoms with E-state index in [-0.39, 0.29) is 5.91 Å². The lowest BCUT2D eigenvalue weighted by Gasteiger charge is -2.39. The zero-order valence-corrected chi connectivity index (χ0v) is 46.4. The summed E-state index contributed by atoms with van der Waals surface area (Å²) in [4.78, 5) is 18.9. The molecule has 8 aromatic rings. The van der Waals surface area contributed by atoms with Crippen molar-refractivity contribution in [2.24, 2.45) is 5.92 Å². The van der Waals surface area contributed by atoms with Gasteiger partial charge in [0, 0.05) is 64.6 Å². The second-order valence-electron chi connectivity index (χ2n) is 22.5. The van der Waals surface area contributed by atoms with Gasteiger partial charge >= 0.3 is 0 Å². The number of fused-ring (bicyclic) bond motifs is 10. The first kappa shape index (κ1) is 51.1. The summed E-state index contributed by atoms with van der Waals surface area (Å²) in [6, 6.07) is 48.8. The minimum Gasteiger partial charge on any atom is -0.497 e. The summed E-state index contributed by atoms with van der Waals surface area (Å²) in [5.74, 6) is 5.58. The van der Waals surface area contributed by atoms with Crippen molar-refractivity contribution in [2.75, 3.05) is 59.5 Å². The summed E-state index contributed by atoms with van der Waals surface area (Å²) >= 11 is 0. The Hall–Kier alpha value is -7.71. The van der Waals surface area contributed by atoms with Crippen LogP contribution in [0.25, 0.3) is 49.9 Å². The van der Waals surface area contributed by atoms with Gasteiger partial charge in [-0.15, -0.1) is 0 Å². The average Bonchev–Trinajstić information content (AvgIpc) is 3.89. The molecule has 8 heteroatoms. The summed E-state index contributed by atoms with van der Waals surface area (Å²) in [6.45, 7) is 9.44. The minimum atomic E-state index is -0.992. The van der Waals surface area contributed by atoms with Crippen LogP contribution >= 0.6 is 0 Å². The first-order valence-corrected chi connectivity index (χ1v) is 28.3. The van der Waals surface area contributed by atoms with Crippen LogP contribution < -0.4 is 28.6 Å². The molecule has 2 aliphatic carbocycles. The van der Waals surface area contributed by atoms with E-state index in [1.165, 1.54) is 79.2 Å². The van der Waals surface area contributed by atoms with Crippen LogP contribution in [0.15, 0.2) is 146 Å². The van der Waals surface area contributed by atoms with E-state index in [1.54, 1.807) is 28.4 Å². The molecule has 8 nitrogen and oxygen atoms in total. The molecule has 0 unspecified atom stereocenters. The zero-order valence-electron chi connectivity index (χ0n) is 46.4. The largest absolute Gasteiger partial charge is 0.497 e. The third-order valence-electron chi connectivity index (χ3n) is 17.9. The number of nitrogens with zero attached hydrogens (tertiary/aromatic N) is 2. The third-order valence-corrected chi connectivity index (χ3v) is 17.9. The highest BCUT2D eigenvalue weighted by Gasteiger charge is 2.47. The molecule has 0 N–H and O–H groups in total. The van der Waals surface area contributed by atoms with Crippen molar-refractivity contribution < 1.29 is 28.5 Å². The van der Waals surface area contributed by atoms with Gasteiger partial charge in [0.15, 0.2) is 5.60 Å². The molecular weight excluding hydrogens is 965 g/mol. The molecule has 78 heavy (non-hydrogen) atoms. The predicted octanol–water partition coefficient (Wildman–Crippen LogP) is 16.2. The molecule has 2 aliphatic heterocycles. The highest BCUT2D eigenvalue weighted by atomic mass is 16.5. The van der Waals surface area contributed by atoms with Gasteiger partial charge in [-0.05, 0) is 154 Å². The maximum Gasteiger partial charge on any atom is 0.253 e. The minimum absolute atomic E-state index is 0.0597. The monoisotopic (exact) mass is 1040 g/mol. The summed E-state index contributed by atoms with van der Waals surface area (Å²) in [7, 11) is 6.90. The van der Waals surface area contributed by atoms with Crippen LogP contribution in [0, 0.1) is 5.92 Å². The maximum absolute atomic E-state index is 14.4. The van der Waals surface area contributed by atoms with Crippen LogP contribution in [0.3, 0.4) is 0 Å². The molecule has 0 aromatic heterocycles. The fourth-order valence-electron chi connectivity index (χ4n) is 13.7. The first-order chi connectivity index (χ1) is 38.1. The molecule has 2 heterocycles. The lowest BCUT2D eigenvalue weighted by atomic mass is 9.77. The Morgan fingerprint density at radius 1 is 0.603 bits per heavy atom. The number of carbonyl (C=O) groups excluding carboxylic acids is 1. The van der Waals surface area contributed by atoms with Crippen LogP contribution in [-0.2, 0) is 11.0 Å². The molecule has 2 fully saturated rings. The van der Waals surface area contributed by atoms with Gasteiger partial charge in [0.1, 0.15) is 28.7 Å². The van der Waals surface area contributed by atoms with E-state index in [0.29, 0.717) is 37.7 Å². The van der Waals surface area contributed by atoms with Gasteiger partial charge in [-0.3, -0.25) is 4.79 Å². The Balaban J connectivity index is 0.875. The number of unbranched alkanes of at least 4 members (excludes halogenated alkanes) is 2. The van der Waals surface area contributed by atoms with Gasteiger partial charge < -0.3 is 33.5 Å². The number of rotatable bonds is 14. The topological polar surface area (TPSA) is 69.7 Å². The first-order valence-electron chi connectivity index (χ1n) is 28.3. The van der Waals surface area contributed by atoms with Crippen molar-refractivity contribution in [1.29, 1.82) is 0 Å². The highest BCUT2D eigenvalue weighted by Crippen LogP contribution is 2.64. The number of piperazine rings is 1. The van der Waals surface area contributed by atoms with Crippen LogP contribution in [0.1, 0.15) is 122 Å². The summed E-state index contributed by atoms with van der Waals surface area (Å²) in [6.07, 6.45) is 15.3. The van der Waals surface area contributed by atoms with Crippen LogP contribution in [0.2, 0.25) is 0 Å². The molecule has 12 rings (SSSR count). The van der Waals surface area contributed by atoms with E-state index < -0.39 is 11.0 Å². The molecule has 398 valence electrons. The molecule has 0 bridgehead atoms. The molecule has 1 amide bonds. The van der Waals surface area contributed by atoms with E-state index in [4.69, 9.17) is 23.7 Å². The lowest BCUT2D eigenvalue weighted by molar-refractivity contribution is 0.0746. The molecule has 1 saturated heterocycles. The normalized spacial score (nSPS) is 18.0. The number of benzene rings is 8. The van der Waals surface area contributed by atoms with Crippen molar-refractivity contribution in [3.05, 3.63) is 185 Å². The lowest BCUT2D eigenvalue weighted by Crippen LogP contribution is -2.49. The Labute approximate surface area is 460 Å². The van der Waals surface area contributed by atoms with Crippen LogP contribution in [0.4, 0.5) is 5.69 Å². The standard InChI is InChI=1S/C70H72N2O6/c1-8-9-10-13-45-16-18-46(19-17-45)47-20-22-48(23-21-47)49-24-26-50(27-25-49)68(73)72-42-40-71(41-43-72)65-64-61(56-14-11-12-15-57(56)67(65)77-7)62-59-38-39-70(51-28-32-53(74-4)33-29-51,52-30-34-54(75-5)35-31-52)78-66(59)58-37-36-55(76-6)44-60(58)63(62)69(64,2)3/h11-12,14-15,20-39,44-46H,8-10,13,16-19,40-43H2,1-7H3/t45-,46-. The summed E-state index contributed by atoms with van der Waals surface area (Å²) in [5, 5.41) is 4.22. The average molecular weight is 1040 g/mol. The Morgan fingerprint density at radius 3 is 1.81 bits per heavy atom. The van der Waals surface area contributed by atoms with E-state index >= 15 is 0 Å². The predicted molar refractivity (Wildman–Crippen MR) is 317 cm³/mol. The Bertz CT molecular complexity index is 3500. The van der Waals surface area contributed by atoms with Gasteiger partial charge in [0.25, 0.3) is 5.91 Å². The smallest absolute Gasteiger partial charge is 0.253 e. The van der Waals surface area contributed by atoms with Crippen molar-refractivity contribution >= 4 is 39.2 Å². The van der Waals surface area contributed by atoms with Gasteiger partial charge in [-0.1, -0.05) is 131 Å². The van der Waals surface area contributed by atoms with E-state index in [9.17, 15) is 4.79 Å². The molecule has 0 spiro atoms. The SMILES string of the molecule is CCCCC[C@H]1CC[C@H](c2ccc(-c3ccc(C(=O)N4CCN(c5c6c(c7ccccc7c5OC)-c5c7c(c8ccc(OC)cc8c5C6(C)C)OC(c5ccc(OC)cc5)(c5ccc(OC)cc5)C=C7)CC4)cc3)cc2)CC1. The number of ether oxygens (including phenoxy) is 5. The van der Waals surface area contributed by atoms with E-state index in [2.05, 4.69) is 135 Å². The van der Waals surface area contributed by atoms with Crippen molar-refractivity contribution in [1.82, 2.24) is 4.90 Å². The molecular formula is C70H72N2O6. The molecule has 0 atom stereocenters. The highest BCUT2D eigenvalue weighted by molar-refractivity contribution is 6.16. The van der Waals surface area contributed by atoms with E-state index in [1.807, 2.05) is 47.4 Å². The third kappa shape index (κ3) is 8.72. The molecule has 1 saturated carbocycles. The quantitative estimate of drug-likeness (QED) is 0.101. The van der Waals surface area contributed by atoms with E-state index in [0.717, 1.165) is 89.7 Å². The van der Waals surface area contributed by atoms with Crippen molar-refractivity contribution in [3.8, 4) is 51.0 Å². The van der Waals surface area contributed by atoms with Gasteiger partial charge in [0.2, 0.25) is 0 Å².